The normalized spacial score (nSPS) is 19.1. The molecule has 0 unspecified atom stereocenters. The lowest BCUT2D eigenvalue weighted by atomic mass is 9.93. The van der Waals surface area contributed by atoms with Gasteiger partial charge in [0.05, 0.1) is 0 Å². The van der Waals surface area contributed by atoms with Crippen molar-refractivity contribution in [1.29, 1.82) is 0 Å². The first-order chi connectivity index (χ1) is 8.46. The van der Waals surface area contributed by atoms with Crippen LogP contribution in [0.2, 0.25) is 0 Å². The third-order valence-corrected chi connectivity index (χ3v) is 3.79. The molecule has 1 aliphatic rings. The Bertz CT molecular complexity index is 419. The van der Waals surface area contributed by atoms with Gasteiger partial charge in [0, 0.05) is 25.1 Å². The summed E-state index contributed by atoms with van der Waals surface area (Å²) >= 11 is 0. The zero-order valence-corrected chi connectivity index (χ0v) is 11.7. The summed E-state index contributed by atoms with van der Waals surface area (Å²) in [7, 11) is 0. The van der Waals surface area contributed by atoms with E-state index in [1.54, 1.807) is 0 Å². The summed E-state index contributed by atoms with van der Waals surface area (Å²) in [5.41, 5.74) is 2.47. The van der Waals surface area contributed by atoms with Crippen molar-refractivity contribution in [3.63, 3.8) is 0 Å². The van der Waals surface area contributed by atoms with Crippen LogP contribution in [0.1, 0.15) is 42.6 Å². The second kappa shape index (κ2) is 5.23. The van der Waals surface area contributed by atoms with E-state index in [9.17, 15) is 4.79 Å². The van der Waals surface area contributed by atoms with E-state index in [0.717, 1.165) is 25.2 Å². The Morgan fingerprint density at radius 1 is 1.28 bits per heavy atom. The van der Waals surface area contributed by atoms with Crippen LogP contribution in [0.3, 0.4) is 0 Å². The molecule has 0 N–H and O–H groups in total. The number of hydrogen-bond acceptors (Lipinski definition) is 2. The summed E-state index contributed by atoms with van der Waals surface area (Å²) in [4.78, 5) is 14.5. The number of hydrogen-bond donors (Lipinski definition) is 0. The highest BCUT2D eigenvalue weighted by Gasteiger charge is 2.28. The number of rotatable bonds is 4. The van der Waals surface area contributed by atoms with E-state index in [2.05, 4.69) is 18.7 Å². The zero-order valence-electron chi connectivity index (χ0n) is 11.7. The van der Waals surface area contributed by atoms with Crippen molar-refractivity contribution in [2.45, 2.75) is 33.6 Å². The smallest absolute Gasteiger partial charge is 0.164 e. The quantitative estimate of drug-likeness (QED) is 0.759. The highest BCUT2D eigenvalue weighted by Crippen LogP contribution is 2.28. The number of benzene rings is 1. The summed E-state index contributed by atoms with van der Waals surface area (Å²) in [6.07, 6.45) is 1.88. The maximum atomic E-state index is 12.0. The van der Waals surface area contributed by atoms with Crippen molar-refractivity contribution < 1.29 is 4.79 Å². The molecule has 0 aromatic heterocycles. The van der Waals surface area contributed by atoms with Gasteiger partial charge in [-0.15, -0.1) is 0 Å². The number of likely N-dealkylation sites (tertiary alicyclic amines) is 1. The summed E-state index contributed by atoms with van der Waals surface area (Å²) in [6, 6.07) is 7.88. The van der Waals surface area contributed by atoms with Gasteiger partial charge >= 0.3 is 0 Å². The Labute approximate surface area is 110 Å². The van der Waals surface area contributed by atoms with E-state index >= 15 is 0 Å². The average Bonchev–Trinajstić information content (AvgIpc) is 2.67. The van der Waals surface area contributed by atoms with Gasteiger partial charge in [-0.2, -0.15) is 0 Å². The first-order valence-corrected chi connectivity index (χ1v) is 6.78. The van der Waals surface area contributed by atoms with Gasteiger partial charge in [0.25, 0.3) is 0 Å². The number of Topliss-reactive ketones (excluding diaryl/α,β-unsaturated/α-hetero) is 1. The van der Waals surface area contributed by atoms with Gasteiger partial charge in [0.1, 0.15) is 0 Å². The van der Waals surface area contributed by atoms with Crippen molar-refractivity contribution in [2.75, 3.05) is 19.6 Å². The molecular formula is C16H23NO. The fraction of sp³-hybridized carbons (Fsp3) is 0.562. The first-order valence-electron chi connectivity index (χ1n) is 6.78. The summed E-state index contributed by atoms with van der Waals surface area (Å²) in [6.45, 7) is 9.79. The molecule has 2 nitrogen and oxygen atoms in total. The molecule has 1 aromatic rings. The lowest BCUT2D eigenvalue weighted by molar-refractivity contribution is 0.0967. The Morgan fingerprint density at radius 3 is 2.50 bits per heavy atom. The summed E-state index contributed by atoms with van der Waals surface area (Å²) in [5.74, 6) is 0.264. The minimum atomic E-state index is 0.264. The van der Waals surface area contributed by atoms with Gasteiger partial charge in [-0.3, -0.25) is 4.79 Å². The third kappa shape index (κ3) is 3.42. The maximum absolute atomic E-state index is 12.0. The van der Waals surface area contributed by atoms with Gasteiger partial charge < -0.3 is 4.90 Å². The lowest BCUT2D eigenvalue weighted by Crippen LogP contribution is -2.26. The van der Waals surface area contributed by atoms with E-state index in [0.29, 0.717) is 11.8 Å². The molecule has 1 saturated heterocycles. The van der Waals surface area contributed by atoms with Crippen molar-refractivity contribution in [2.24, 2.45) is 5.41 Å². The molecule has 0 bridgehead atoms. The van der Waals surface area contributed by atoms with Crippen molar-refractivity contribution >= 4 is 5.78 Å². The van der Waals surface area contributed by atoms with Crippen LogP contribution in [0.15, 0.2) is 24.3 Å². The number of nitrogens with zero attached hydrogens (tertiary/aromatic N) is 1. The SMILES string of the molecule is Cc1ccc(C(=O)CCN2CCC(C)(C)C2)cc1. The molecule has 2 heteroatoms. The second-order valence-corrected chi connectivity index (χ2v) is 6.23. The predicted octanol–water partition coefficient (Wildman–Crippen LogP) is 3.30. The minimum Gasteiger partial charge on any atom is -0.302 e. The standard InChI is InChI=1S/C16H23NO/c1-13-4-6-14(7-5-13)15(18)8-10-17-11-9-16(2,3)12-17/h4-7H,8-12H2,1-3H3. The minimum absolute atomic E-state index is 0.264. The average molecular weight is 245 g/mol. The number of carbonyl (C=O) groups excluding carboxylic acids is 1. The molecule has 0 saturated carbocycles. The topological polar surface area (TPSA) is 20.3 Å². The first kappa shape index (κ1) is 13.3. The van der Waals surface area contributed by atoms with Crippen LogP contribution < -0.4 is 0 Å². The van der Waals surface area contributed by atoms with E-state index in [4.69, 9.17) is 0 Å². The Kier molecular flexibility index (Phi) is 3.86. The van der Waals surface area contributed by atoms with Crippen molar-refractivity contribution in [3.8, 4) is 0 Å². The van der Waals surface area contributed by atoms with Gasteiger partial charge in [-0.05, 0) is 25.3 Å². The van der Waals surface area contributed by atoms with Gasteiger partial charge in [0.15, 0.2) is 5.78 Å². The second-order valence-electron chi connectivity index (χ2n) is 6.23. The molecule has 18 heavy (non-hydrogen) atoms. The van der Waals surface area contributed by atoms with Gasteiger partial charge in [-0.1, -0.05) is 43.7 Å². The van der Waals surface area contributed by atoms with Crippen molar-refractivity contribution in [1.82, 2.24) is 4.90 Å². The van der Waals surface area contributed by atoms with E-state index in [1.165, 1.54) is 12.0 Å². The molecule has 0 aliphatic carbocycles. The predicted molar refractivity (Wildman–Crippen MR) is 75.0 cm³/mol. The van der Waals surface area contributed by atoms with Crippen LogP contribution in [0.5, 0.6) is 0 Å². The van der Waals surface area contributed by atoms with E-state index < -0.39 is 0 Å². The number of carbonyl (C=O) groups is 1. The van der Waals surface area contributed by atoms with Crippen LogP contribution in [-0.2, 0) is 0 Å². The van der Waals surface area contributed by atoms with Crippen LogP contribution in [0.4, 0.5) is 0 Å². The molecule has 1 fully saturated rings. The Morgan fingerprint density at radius 2 is 1.94 bits per heavy atom. The zero-order chi connectivity index (χ0) is 13.2. The maximum Gasteiger partial charge on any atom is 0.164 e. The van der Waals surface area contributed by atoms with E-state index in [1.807, 2.05) is 31.2 Å². The number of aryl methyl sites for hydroxylation is 1. The molecule has 0 radical (unpaired) electrons. The molecule has 1 aromatic carbocycles. The van der Waals surface area contributed by atoms with Crippen LogP contribution in [-0.4, -0.2) is 30.3 Å². The molecule has 0 amide bonds. The molecule has 1 aliphatic heterocycles. The Hall–Kier alpha value is -1.15. The third-order valence-electron chi connectivity index (χ3n) is 3.79. The molecule has 1 heterocycles. The summed E-state index contributed by atoms with van der Waals surface area (Å²) in [5, 5.41) is 0. The van der Waals surface area contributed by atoms with Crippen LogP contribution in [0.25, 0.3) is 0 Å². The largest absolute Gasteiger partial charge is 0.302 e. The molecule has 98 valence electrons. The molecular weight excluding hydrogens is 222 g/mol. The molecule has 0 atom stereocenters. The highest BCUT2D eigenvalue weighted by atomic mass is 16.1. The fourth-order valence-corrected chi connectivity index (χ4v) is 2.56. The van der Waals surface area contributed by atoms with Crippen LogP contribution >= 0.6 is 0 Å². The van der Waals surface area contributed by atoms with Crippen LogP contribution in [0, 0.1) is 12.3 Å². The molecule has 0 spiro atoms. The van der Waals surface area contributed by atoms with Gasteiger partial charge in [0.2, 0.25) is 0 Å². The highest BCUT2D eigenvalue weighted by molar-refractivity contribution is 5.96. The number of ketones is 1. The van der Waals surface area contributed by atoms with Gasteiger partial charge in [-0.25, -0.2) is 0 Å². The van der Waals surface area contributed by atoms with E-state index in [-0.39, 0.29) is 5.78 Å². The monoisotopic (exact) mass is 245 g/mol. The molecule has 2 rings (SSSR count). The van der Waals surface area contributed by atoms with Crippen molar-refractivity contribution in [3.05, 3.63) is 35.4 Å². The summed E-state index contributed by atoms with van der Waals surface area (Å²) < 4.78 is 0. The Balaban J connectivity index is 1.84. The fourth-order valence-electron chi connectivity index (χ4n) is 2.56. The lowest BCUT2D eigenvalue weighted by Gasteiger charge is -2.19.